The first-order valence-electron chi connectivity index (χ1n) is 87.6. The number of aliphatic hydroxyl groups is 6. The summed E-state index contributed by atoms with van der Waals surface area (Å²) in [5.41, 5.74) is -28.5. The van der Waals surface area contributed by atoms with Crippen LogP contribution in [0.2, 0.25) is 0 Å². The summed E-state index contributed by atoms with van der Waals surface area (Å²) in [4.78, 5) is 81.4. The van der Waals surface area contributed by atoms with Gasteiger partial charge < -0.3 is 87.5 Å². The Hall–Kier alpha value is -9.54. The van der Waals surface area contributed by atoms with Crippen LogP contribution in [0.5, 0.6) is 69.0 Å². The third-order valence-electron chi connectivity index (χ3n) is 20.9. The van der Waals surface area contributed by atoms with E-state index in [1.807, 2.05) is 0 Å². The lowest BCUT2D eigenvalue weighted by Gasteiger charge is -2.44. The summed E-state index contributed by atoms with van der Waals surface area (Å²) in [5, 5.41) is 57.6. The molecule has 12 heterocycles. The summed E-state index contributed by atoms with van der Waals surface area (Å²) in [6, 6.07) is -7.30. The topological polar surface area (TPSA) is 354 Å². The van der Waals surface area contributed by atoms with Crippen LogP contribution in [0.1, 0.15) is 386 Å². The second kappa shape index (κ2) is 46.5. The predicted octanol–water partition coefficient (Wildman–Crippen LogP) is 14.1. The molecule has 12 aliphatic rings. The lowest BCUT2D eigenvalue weighted by molar-refractivity contribution is -0.132. The van der Waals surface area contributed by atoms with Gasteiger partial charge in [-0.2, -0.15) is 0 Å². The smallest absolute Gasteiger partial charge is 0.211 e. The lowest BCUT2D eigenvalue weighted by Crippen LogP contribution is -2.47. The average Bonchev–Trinajstić information content (AvgIpc) is 0.630. The van der Waals surface area contributed by atoms with Crippen molar-refractivity contribution < 1.29 is 240 Å². The Labute approximate surface area is 980 Å². The van der Waals surface area contributed by atoms with Gasteiger partial charge in [0.2, 0.25) is 1.43 Å². The summed E-state index contributed by atoms with van der Waals surface area (Å²) < 4.78 is 819. The predicted molar refractivity (Wildman–Crippen MR) is 550 cm³/mol. The number of rotatable bonds is 25. The van der Waals surface area contributed by atoms with E-state index in [2.05, 4.69) is 14.6 Å². The second-order valence-electron chi connectivity index (χ2n) is 32.6. The van der Waals surface area contributed by atoms with E-state index in [-0.39, 0.29) is 88.2 Å². The maximum Gasteiger partial charge on any atom is 0.211 e. The maximum atomic E-state index is 14.1. The van der Waals surface area contributed by atoms with Crippen molar-refractivity contribution in [2.45, 2.75) is 267 Å². The van der Waals surface area contributed by atoms with Gasteiger partial charge in [0.05, 0.1) is 131 Å². The molecule has 0 aliphatic carbocycles. The molecule has 18 atom stereocenters. The highest BCUT2D eigenvalue weighted by Gasteiger charge is 2.48. The molecule has 0 amide bonds. The fourth-order valence-corrected chi connectivity index (χ4v) is 14.8. The molecule has 6 fully saturated rings. The van der Waals surface area contributed by atoms with Crippen molar-refractivity contribution in [1.82, 2.24) is 29.4 Å². The van der Waals surface area contributed by atoms with Crippen LogP contribution in [-0.2, 0) is 67.0 Å². The number of carbonyl (C=O) groups is 6. The van der Waals surface area contributed by atoms with E-state index in [9.17, 15) is 55.7 Å². The third kappa shape index (κ3) is 27.1. The van der Waals surface area contributed by atoms with Gasteiger partial charge in [-0.25, -0.2) is 0 Å². The van der Waals surface area contributed by atoms with Crippen LogP contribution in [0.4, 0.5) is 0 Å². The number of benzene rings is 6. The molecule has 144 heavy (non-hydrogen) atoms. The first-order chi connectivity index (χ1) is 103. The quantitative estimate of drug-likeness (QED) is 0.0310. The van der Waals surface area contributed by atoms with Gasteiger partial charge >= 0.3 is 0 Å². The van der Waals surface area contributed by atoms with Crippen molar-refractivity contribution in [2.75, 3.05) is 163 Å². The molecule has 6 N–H and O–H groups in total. The van der Waals surface area contributed by atoms with Crippen LogP contribution >= 0.6 is 0 Å². The van der Waals surface area contributed by atoms with E-state index >= 15 is 0 Å². The number of methoxy groups -OCH3 is 12. The third-order valence-corrected chi connectivity index (χ3v) is 20.9. The van der Waals surface area contributed by atoms with E-state index in [1.54, 1.807) is 0 Å². The zero-order chi connectivity index (χ0) is 185. The van der Waals surface area contributed by atoms with Crippen molar-refractivity contribution in [3.63, 3.8) is 0 Å². The largest absolute Gasteiger partial charge is 0.493 e. The summed E-state index contributed by atoms with van der Waals surface area (Å²) in [7, 11) is 4.99. The fraction of sp³-hybridized carbons (Fsp3) is 0.632. The van der Waals surface area contributed by atoms with E-state index < -0.39 is 472 Å². The first-order valence-corrected chi connectivity index (χ1v) is 42.2. The Kier molecular flexibility index (Phi) is 13.7. The van der Waals surface area contributed by atoms with Gasteiger partial charge in [0.25, 0.3) is 0 Å². The zero-order valence-electron chi connectivity index (χ0n) is 170. The Balaban J connectivity index is 0.000000223. The Morgan fingerprint density at radius 2 is 0.549 bits per heavy atom. The molecule has 0 bridgehead atoms. The van der Waals surface area contributed by atoms with Gasteiger partial charge in [0, 0.05) is 299 Å². The van der Waals surface area contributed by atoms with E-state index in [1.165, 1.54) is 83.2 Å². The van der Waals surface area contributed by atoms with Gasteiger partial charge in [0.1, 0.15) is 34.7 Å². The number of aryl methyl sites for hydroxylation is 5. The molecule has 0 spiro atoms. The SMILES string of the molecule is [2H]C1([2H])C(=O)[C@@]([2H])(C([2H])([2H])C(C)(O)C([2H])([2H])[2H])C([2H])([2H])N2[C@@H]1c1cc(OC)c(OC)cc1C([2H])([2H])C2([2H])[2H].[2H]C1([2H])C(=O)[C@@]([2H])(C([2H])([2H])C(C)(O)C([2H])([2H])[2H])C([2H])([2H])N2[C@@H]1c1cc(OC)c(OC)cc1C([2H])([2H])C2([2H])[2H].[2H]C1([2H])C(=O)[C@@]([2H])(C([2H])([2H])C(C)(O)C([2H])([2H])[2H])C([2H])([2H])N2[C@@H]1c1cc(OC)c(OC)cc1C([2H])([2H])C2([2H])[2H].[2H]C1([2H])C(=O)[C@@]([2H])(C([2H])([2H])C(C)(O)C([2H])([2H])[2H])C([2H])([2H])N2[C@@H]1c1cc(OC)c(OC)cc1C([2H])([2H])C2([2H])[2H].[2H]C1([2H])[C@H](C([2H])([2H])C(C)(O)C([2H])([2H])[2H])C(=O)C[C@H]2c3cc(OC)c(OC)cc3C([2H])([2H])C([2H])([2H])N21.[2H]OC(C)(C([2H])([2H])[2H])C([2H])([2H])[C@]1([2H])C(=O)C([2H])([2H])[C@@]2([2H])c3c([2H])c(OC([2H])([2H])[2H])c(OC([2H])([2H])[2H])c([2H])c3C([2H])([2H])C([2H])([2H])N2C1([2H])[2H]. The van der Waals surface area contributed by atoms with Crippen molar-refractivity contribution in [3.8, 4) is 69.0 Å². The molecule has 30 nitrogen and oxygen atoms in total. The number of hydrogen-bond donors (Lipinski definition) is 6. The molecule has 0 saturated carbocycles. The van der Waals surface area contributed by atoms with Crippen molar-refractivity contribution in [3.05, 3.63) is 140 Å². The molecular weight excluding hydrogens is 1840 g/mol. The number of carbonyl (C=O) groups excluding carboxylic acids is 6. The van der Waals surface area contributed by atoms with Crippen LogP contribution in [0.25, 0.3) is 0 Å². The molecule has 6 saturated heterocycles. The Morgan fingerprint density at radius 3 is 0.833 bits per heavy atom. The zero-order valence-corrected chi connectivity index (χ0v) is 79.1. The van der Waals surface area contributed by atoms with Crippen LogP contribution in [0.15, 0.2) is 72.7 Å². The minimum atomic E-state index is -4.56. The first kappa shape index (κ1) is 42.5. The average molecular weight is 2090 g/mol. The van der Waals surface area contributed by atoms with Gasteiger partial charge in [-0.3, -0.25) is 58.2 Å². The molecular formula is C114H162N6O24. The molecule has 0 radical (unpaired) electrons. The van der Waals surface area contributed by atoms with Crippen molar-refractivity contribution in [2.24, 2.45) is 35.4 Å². The number of fused-ring (bicyclic) bond motifs is 18. The summed E-state index contributed by atoms with van der Waals surface area (Å²) in [6.07, 6.45) is -62.8. The summed E-state index contributed by atoms with van der Waals surface area (Å²) in [6.45, 7) is -64.4. The number of Topliss-reactive ketones (excluding diaryl/α,β-unsaturated/α-hetero) is 6. The van der Waals surface area contributed by atoms with E-state index in [4.69, 9.17) is 171 Å². The van der Waals surface area contributed by atoms with Crippen LogP contribution in [-0.4, -0.2) is 293 Å². The molecule has 18 rings (SSSR count). The van der Waals surface area contributed by atoms with Gasteiger partial charge in [-0.05, 0) is 299 Å². The van der Waals surface area contributed by atoms with Crippen LogP contribution in [0, 0.1) is 35.4 Å². The van der Waals surface area contributed by atoms with Crippen molar-refractivity contribution >= 4 is 34.7 Å². The number of hydrogen-bond acceptors (Lipinski definition) is 30. The molecule has 6 aromatic carbocycles. The highest BCUT2D eigenvalue weighted by molar-refractivity contribution is 5.87. The number of ether oxygens (including phenoxy) is 12. The minimum absolute atomic E-state index is 0.0431. The summed E-state index contributed by atoms with van der Waals surface area (Å²) in [5.74, 6) is -39.2. The Morgan fingerprint density at radius 1 is 0.306 bits per heavy atom. The number of piperidine rings is 6. The molecule has 0 aromatic heterocycles. The fourth-order valence-electron chi connectivity index (χ4n) is 14.8. The van der Waals surface area contributed by atoms with Gasteiger partial charge in [-0.15, -0.1) is 0 Å². The number of nitrogens with zero attached hydrogens (tertiary/aromatic N) is 6. The standard InChI is InChI=1S/6C19H27NO4/c6*1-19(2,22)10-13-11-20-6-5-12-7-17(23-3)18(24-4)8-14(12)15(20)9-16(13)21/h6*7-8,13,15,22H,5-6,9-11H2,1-4H3/t6*13-,15-/m000000/s1/i1D3,3D3,4D3,5D2,6D2,7D,8D,9D2,10D2,11D2,13D,15D,22D;4*1D3,5D2,6D2,9D2,10D2,11D2,13D;1D3,5D2,6D2,10D2,11D2/t6*13-,15-,19?. The normalized spacial score (nSPS) is 48.0. The van der Waals surface area contributed by atoms with Crippen LogP contribution in [0.3, 0.4) is 0 Å². The van der Waals surface area contributed by atoms with E-state index in [0.717, 1.165) is 48.5 Å². The molecule has 6 unspecified atom stereocenters. The van der Waals surface area contributed by atoms with Gasteiger partial charge in [-0.1, -0.05) is 0 Å². The molecule has 792 valence electrons. The monoisotopic (exact) mass is 2090 g/mol. The second-order valence-corrected chi connectivity index (χ2v) is 32.6. The minimum Gasteiger partial charge on any atom is -0.493 e. The highest BCUT2D eigenvalue weighted by atomic mass is 16.5. The van der Waals surface area contributed by atoms with Crippen molar-refractivity contribution in [1.29, 1.82) is 1.43 Å². The van der Waals surface area contributed by atoms with Crippen LogP contribution < -0.4 is 56.8 Å². The van der Waals surface area contributed by atoms with Gasteiger partial charge in [0.15, 0.2) is 69.0 Å². The van der Waals surface area contributed by atoms with E-state index in [0.29, 0.717) is 46.4 Å². The lowest BCUT2D eigenvalue weighted by atomic mass is 9.79. The molecule has 6 aromatic rings. The molecule has 30 heteroatoms. The number of ketones is 6. The molecule has 12 aliphatic heterocycles. The maximum absolute atomic E-state index is 14.1. The Bertz CT molecular complexity index is 9350. The summed E-state index contributed by atoms with van der Waals surface area (Å²) >= 11 is 0. The highest BCUT2D eigenvalue weighted by Crippen LogP contribution is 2.52.